The highest BCUT2D eigenvalue weighted by Gasteiger charge is 2.75. The molecule has 2 bridgehead atoms. The minimum Gasteiger partial charge on any atom is -0.454 e. The molecule has 4 atom stereocenters. The van der Waals surface area contributed by atoms with E-state index in [0.717, 1.165) is 11.1 Å². The Bertz CT molecular complexity index is 1230. The van der Waals surface area contributed by atoms with E-state index in [1.165, 1.54) is 21.6 Å². The molecule has 7 nitrogen and oxygen atoms in total. The summed E-state index contributed by atoms with van der Waals surface area (Å²) in [5, 5.41) is 10.3. The average molecular weight is 480 g/mol. The molecule has 1 spiro atoms. The molecule has 5 heterocycles. The topological polar surface area (TPSA) is 82.9 Å². The first kappa shape index (κ1) is 20.8. The third kappa shape index (κ3) is 2.59. The van der Waals surface area contributed by atoms with E-state index in [1.54, 1.807) is 16.8 Å². The van der Waals surface area contributed by atoms with Crippen molar-refractivity contribution in [3.63, 3.8) is 0 Å². The molecule has 0 aromatic heterocycles. The Hall–Kier alpha value is -2.83. The van der Waals surface area contributed by atoms with Crippen LogP contribution in [-0.2, 0) is 16.0 Å². The van der Waals surface area contributed by atoms with Gasteiger partial charge < -0.3 is 19.3 Å². The summed E-state index contributed by atoms with van der Waals surface area (Å²) in [4.78, 5) is 29.3. The van der Waals surface area contributed by atoms with Crippen LogP contribution in [0, 0.1) is 16.7 Å². The van der Waals surface area contributed by atoms with Crippen LogP contribution in [0.5, 0.6) is 11.5 Å². The van der Waals surface area contributed by atoms with Gasteiger partial charge in [0.15, 0.2) is 21.2 Å². The van der Waals surface area contributed by atoms with Crippen molar-refractivity contribution in [2.75, 3.05) is 13.8 Å². The molecule has 0 N–H and O–H groups in total. The lowest BCUT2D eigenvalue weighted by atomic mass is 9.79. The Labute approximate surface area is 199 Å². The van der Waals surface area contributed by atoms with Crippen molar-refractivity contribution >= 4 is 33.4 Å². The molecule has 5 aliphatic rings. The van der Waals surface area contributed by atoms with E-state index in [-0.39, 0.29) is 25.0 Å². The Balaban J connectivity index is 1.50. The summed E-state index contributed by atoms with van der Waals surface area (Å²) in [5.41, 5.74) is 0.812. The summed E-state index contributed by atoms with van der Waals surface area (Å²) < 4.78 is 11.0. The maximum Gasteiger partial charge on any atom is 0.262 e. The minimum atomic E-state index is -1.11. The van der Waals surface area contributed by atoms with E-state index in [2.05, 4.69) is 6.07 Å². The zero-order chi connectivity index (χ0) is 23.0. The smallest absolute Gasteiger partial charge is 0.262 e. The number of benzene rings is 2. The van der Waals surface area contributed by atoms with Crippen LogP contribution in [0.1, 0.15) is 30.5 Å². The van der Waals surface area contributed by atoms with Crippen LogP contribution in [-0.4, -0.2) is 45.2 Å². The van der Waals surface area contributed by atoms with Crippen LogP contribution in [0.2, 0.25) is 0 Å². The lowest BCUT2D eigenvalue weighted by molar-refractivity contribution is -0.165. The third-order valence-corrected chi connectivity index (χ3v) is 10.8. The first-order valence-electron chi connectivity index (χ1n) is 10.7. The number of carbonyl (C=O) groups excluding carboxylic acids is 2. The monoisotopic (exact) mass is 479 g/mol. The molecule has 2 aromatic rings. The highest BCUT2D eigenvalue weighted by molar-refractivity contribution is 8.78. The number of piperazine rings is 1. The van der Waals surface area contributed by atoms with Crippen molar-refractivity contribution in [1.82, 2.24) is 9.80 Å². The zero-order valence-electron chi connectivity index (χ0n) is 18.1. The minimum absolute atomic E-state index is 0.119. The summed E-state index contributed by atoms with van der Waals surface area (Å²) in [6.07, 6.45) is 0.667. The van der Waals surface area contributed by atoms with Crippen molar-refractivity contribution in [3.8, 4) is 17.6 Å². The number of likely N-dealkylation sites (N-methyl/N-ethyl adjacent to an activating group) is 1. The third-order valence-electron chi connectivity index (χ3n) is 7.16. The summed E-state index contributed by atoms with van der Waals surface area (Å²) >= 11 is 0. The maximum absolute atomic E-state index is 14.3. The van der Waals surface area contributed by atoms with Gasteiger partial charge in [-0.25, -0.2) is 0 Å². The van der Waals surface area contributed by atoms with Crippen molar-refractivity contribution in [1.29, 1.82) is 5.26 Å². The predicted octanol–water partition coefficient (Wildman–Crippen LogP) is 3.72. The maximum atomic E-state index is 14.3. The molecule has 1 unspecified atom stereocenters. The SMILES string of the molecule is CN1C(=O)C23C[C@](C)(C#N)[C@H](c4ccc5c(c4)OCO5)N2C(=O)[C@@]1(Cc1ccccc1)SS3. The standard InChI is InChI=1S/C24H21N3O4S2/c1-22(13-25)12-24-20(28)26(2)23(32-33-24,11-15-6-4-3-5-7-15)21(29)27(24)19(22)16-8-9-17-18(10-16)31-14-30-17/h3-10,19H,11-12,14H2,1-2H3/t19-,22+,23+,24?/m0/s1. The van der Waals surface area contributed by atoms with Gasteiger partial charge >= 0.3 is 0 Å². The van der Waals surface area contributed by atoms with Crippen molar-refractivity contribution in [3.05, 3.63) is 59.7 Å². The molecule has 9 heteroatoms. The number of hydrogen-bond donors (Lipinski definition) is 0. The fourth-order valence-electron chi connectivity index (χ4n) is 5.52. The van der Waals surface area contributed by atoms with Gasteiger partial charge in [-0.2, -0.15) is 5.26 Å². The Morgan fingerprint density at radius 1 is 1.09 bits per heavy atom. The van der Waals surface area contributed by atoms with Gasteiger partial charge in [0, 0.05) is 19.9 Å². The molecule has 0 saturated carbocycles. The van der Waals surface area contributed by atoms with Crippen LogP contribution < -0.4 is 9.47 Å². The van der Waals surface area contributed by atoms with Crippen molar-refractivity contribution < 1.29 is 19.1 Å². The molecule has 0 radical (unpaired) electrons. The van der Waals surface area contributed by atoms with Crippen molar-refractivity contribution in [2.24, 2.45) is 5.41 Å². The molecule has 4 fully saturated rings. The van der Waals surface area contributed by atoms with Crippen LogP contribution in [0.4, 0.5) is 0 Å². The van der Waals surface area contributed by atoms with Gasteiger partial charge in [-0.15, -0.1) is 0 Å². The molecule has 33 heavy (non-hydrogen) atoms. The number of hydrogen-bond acceptors (Lipinski definition) is 7. The lowest BCUT2D eigenvalue weighted by Gasteiger charge is -2.58. The molecule has 7 rings (SSSR count). The molecular weight excluding hydrogens is 458 g/mol. The average Bonchev–Trinajstić information content (AvgIpc) is 3.40. The Kier molecular flexibility index (Phi) is 4.30. The quantitative estimate of drug-likeness (QED) is 0.621. The molecule has 4 saturated heterocycles. The summed E-state index contributed by atoms with van der Waals surface area (Å²) in [5.74, 6) is 0.982. The molecule has 5 aliphatic heterocycles. The van der Waals surface area contributed by atoms with E-state index in [1.807, 2.05) is 55.5 Å². The largest absolute Gasteiger partial charge is 0.454 e. The highest BCUT2D eigenvalue weighted by Crippen LogP contribution is 2.70. The number of rotatable bonds is 3. The van der Waals surface area contributed by atoms with E-state index in [0.29, 0.717) is 17.9 Å². The number of fused-ring (bicyclic) bond motifs is 3. The van der Waals surface area contributed by atoms with Crippen LogP contribution in [0.3, 0.4) is 0 Å². The van der Waals surface area contributed by atoms with Gasteiger partial charge in [0.2, 0.25) is 6.79 Å². The van der Waals surface area contributed by atoms with E-state index in [4.69, 9.17) is 9.47 Å². The lowest BCUT2D eigenvalue weighted by Crippen LogP contribution is -2.75. The fourth-order valence-corrected chi connectivity index (χ4v) is 9.41. The number of nitrogens with zero attached hydrogens (tertiary/aromatic N) is 3. The fraction of sp³-hybridized carbons (Fsp3) is 0.375. The van der Waals surface area contributed by atoms with Gasteiger partial charge in [0.05, 0.1) is 17.5 Å². The van der Waals surface area contributed by atoms with Gasteiger partial charge in [0.1, 0.15) is 0 Å². The second-order valence-electron chi connectivity index (χ2n) is 9.16. The Morgan fingerprint density at radius 2 is 1.85 bits per heavy atom. The van der Waals surface area contributed by atoms with Crippen molar-refractivity contribution in [2.45, 2.75) is 35.5 Å². The zero-order valence-corrected chi connectivity index (χ0v) is 19.7. The van der Waals surface area contributed by atoms with Gasteiger partial charge in [-0.05, 0) is 30.2 Å². The predicted molar refractivity (Wildman–Crippen MR) is 124 cm³/mol. The first-order valence-corrected chi connectivity index (χ1v) is 12.8. The van der Waals surface area contributed by atoms with Crippen LogP contribution >= 0.6 is 21.6 Å². The number of amides is 2. The van der Waals surface area contributed by atoms with Crippen LogP contribution in [0.15, 0.2) is 48.5 Å². The molecule has 2 aromatic carbocycles. The van der Waals surface area contributed by atoms with E-state index < -0.39 is 21.2 Å². The number of nitriles is 1. The Morgan fingerprint density at radius 3 is 2.61 bits per heavy atom. The van der Waals surface area contributed by atoms with Gasteiger partial charge in [-0.3, -0.25) is 9.59 Å². The van der Waals surface area contributed by atoms with E-state index >= 15 is 0 Å². The molecule has 168 valence electrons. The van der Waals surface area contributed by atoms with Crippen LogP contribution in [0.25, 0.3) is 0 Å². The first-order chi connectivity index (χ1) is 15.8. The molecule has 0 aliphatic carbocycles. The second-order valence-corrected chi connectivity index (χ2v) is 11.8. The van der Waals surface area contributed by atoms with Gasteiger partial charge in [-0.1, -0.05) is 58.0 Å². The molecular formula is C24H21N3O4S2. The highest BCUT2D eigenvalue weighted by atomic mass is 33.1. The summed E-state index contributed by atoms with van der Waals surface area (Å²) in [6.45, 7) is 1.99. The number of ether oxygens (including phenoxy) is 2. The summed E-state index contributed by atoms with van der Waals surface area (Å²) in [6, 6.07) is 17.1. The normalized spacial score (nSPS) is 33.9. The van der Waals surface area contributed by atoms with Gasteiger partial charge in [0.25, 0.3) is 11.8 Å². The van der Waals surface area contributed by atoms with E-state index in [9.17, 15) is 14.9 Å². The summed E-state index contributed by atoms with van der Waals surface area (Å²) in [7, 11) is 4.59. The molecule has 2 amide bonds. The second kappa shape index (κ2) is 6.84. The number of carbonyl (C=O) groups is 2.